The monoisotopic (exact) mass is 264 g/mol. The molecule has 3 N–H and O–H groups in total. The second kappa shape index (κ2) is 5.15. The Morgan fingerprint density at radius 3 is 2.58 bits per heavy atom. The molecule has 1 aromatic heterocycles. The largest absolute Gasteiger partial charge is 0.480 e. The van der Waals surface area contributed by atoms with Gasteiger partial charge in [-0.25, -0.2) is 9.59 Å². The van der Waals surface area contributed by atoms with E-state index in [1.807, 2.05) is 0 Å². The Morgan fingerprint density at radius 2 is 2.05 bits per heavy atom. The summed E-state index contributed by atoms with van der Waals surface area (Å²) in [6.07, 6.45) is -0.240. The number of hydrogen-bond donors (Lipinski definition) is 3. The lowest BCUT2D eigenvalue weighted by Crippen LogP contribution is -2.34. The normalized spacial score (nSPS) is 23.7. The molecule has 0 bridgehead atoms. The first-order chi connectivity index (χ1) is 9.00. The fourth-order valence-corrected chi connectivity index (χ4v) is 2.05. The van der Waals surface area contributed by atoms with E-state index in [4.69, 9.17) is 10.2 Å². The number of pyridine rings is 1. The maximum absolute atomic E-state index is 11.0. The molecule has 0 radical (unpaired) electrons. The van der Waals surface area contributed by atoms with Crippen LogP contribution in [0.15, 0.2) is 29.4 Å². The molecule has 7 heteroatoms. The number of aliphatic carboxylic acids is 2. The molecule has 0 amide bonds. The number of carboxylic acids is 2. The number of hydrogen-bond acceptors (Lipinski definition) is 5. The van der Waals surface area contributed by atoms with Crippen LogP contribution in [0.5, 0.6) is 0 Å². The summed E-state index contributed by atoms with van der Waals surface area (Å²) >= 11 is 0. The summed E-state index contributed by atoms with van der Waals surface area (Å²) in [6.45, 7) is 0. The molecule has 0 unspecified atom stereocenters. The zero-order valence-electron chi connectivity index (χ0n) is 9.80. The van der Waals surface area contributed by atoms with Crippen LogP contribution in [-0.4, -0.2) is 50.1 Å². The van der Waals surface area contributed by atoms with Gasteiger partial charge in [0.2, 0.25) is 0 Å². The van der Waals surface area contributed by atoms with Crippen LogP contribution in [0.1, 0.15) is 12.1 Å². The van der Waals surface area contributed by atoms with E-state index in [9.17, 15) is 14.7 Å². The molecule has 0 saturated heterocycles. The van der Waals surface area contributed by atoms with Gasteiger partial charge in [0, 0.05) is 12.1 Å². The van der Waals surface area contributed by atoms with Gasteiger partial charge in [-0.2, -0.15) is 0 Å². The van der Waals surface area contributed by atoms with E-state index < -0.39 is 30.0 Å². The van der Waals surface area contributed by atoms with E-state index in [0.717, 1.165) is 0 Å². The van der Waals surface area contributed by atoms with E-state index >= 15 is 0 Å². The minimum absolute atomic E-state index is 0.0469. The second-order valence-electron chi connectivity index (χ2n) is 4.21. The van der Waals surface area contributed by atoms with Crippen molar-refractivity contribution in [3.8, 4) is 0 Å². The lowest BCUT2D eigenvalue weighted by atomic mass is 9.91. The van der Waals surface area contributed by atoms with Gasteiger partial charge >= 0.3 is 11.9 Å². The SMILES string of the molecule is O=C(O)[C@H]1C[C@@H]([C@@H](O)C(=O)O)C(c2ccccn2)=N1. The molecule has 0 fully saturated rings. The lowest BCUT2D eigenvalue weighted by Gasteiger charge is -2.15. The van der Waals surface area contributed by atoms with Crippen molar-refractivity contribution in [1.29, 1.82) is 0 Å². The van der Waals surface area contributed by atoms with E-state index in [2.05, 4.69) is 9.98 Å². The molecule has 100 valence electrons. The Morgan fingerprint density at radius 1 is 1.32 bits per heavy atom. The average Bonchev–Trinajstić information content (AvgIpc) is 2.83. The fraction of sp³-hybridized carbons (Fsp3) is 0.333. The van der Waals surface area contributed by atoms with Gasteiger partial charge in [0.15, 0.2) is 6.10 Å². The van der Waals surface area contributed by atoms with Crippen LogP contribution in [0.4, 0.5) is 0 Å². The molecule has 0 spiro atoms. The van der Waals surface area contributed by atoms with Crippen molar-refractivity contribution >= 4 is 17.7 Å². The third kappa shape index (κ3) is 2.60. The fourth-order valence-electron chi connectivity index (χ4n) is 2.05. The first-order valence-corrected chi connectivity index (χ1v) is 5.63. The number of aliphatic imine (C=N–C) groups is 1. The summed E-state index contributed by atoms with van der Waals surface area (Å²) in [5, 5.41) is 27.5. The molecular weight excluding hydrogens is 252 g/mol. The Bertz CT molecular complexity index is 528. The molecule has 7 nitrogen and oxygen atoms in total. The zero-order valence-corrected chi connectivity index (χ0v) is 9.80. The predicted octanol–water partition coefficient (Wildman–Crippen LogP) is -0.211. The number of nitrogens with zero attached hydrogens (tertiary/aromatic N) is 2. The smallest absolute Gasteiger partial charge is 0.333 e. The lowest BCUT2D eigenvalue weighted by molar-refractivity contribution is -0.149. The van der Waals surface area contributed by atoms with Crippen LogP contribution in [-0.2, 0) is 9.59 Å². The van der Waals surface area contributed by atoms with E-state index in [0.29, 0.717) is 5.69 Å². The maximum atomic E-state index is 11.0. The van der Waals surface area contributed by atoms with Crippen molar-refractivity contribution in [2.75, 3.05) is 0 Å². The number of carbonyl (C=O) groups is 2. The number of carboxylic acid groups (broad SMARTS) is 2. The van der Waals surface area contributed by atoms with Gasteiger partial charge in [0.1, 0.15) is 6.04 Å². The van der Waals surface area contributed by atoms with Crippen LogP contribution in [0, 0.1) is 5.92 Å². The standard InChI is InChI=1S/C12H12N2O5/c15-10(12(18)19)6-5-8(11(16)17)14-9(6)7-3-1-2-4-13-7/h1-4,6,8,10,15H,5H2,(H,16,17)(H,18,19)/t6-,8-,10-/m1/s1. The van der Waals surface area contributed by atoms with Crippen LogP contribution in [0.25, 0.3) is 0 Å². The average molecular weight is 264 g/mol. The molecule has 0 aliphatic carbocycles. The summed E-state index contributed by atoms with van der Waals surface area (Å²) in [5.74, 6) is -3.42. The summed E-state index contributed by atoms with van der Waals surface area (Å²) in [4.78, 5) is 29.8. The van der Waals surface area contributed by atoms with Gasteiger partial charge in [-0.05, 0) is 18.6 Å². The van der Waals surface area contributed by atoms with Gasteiger partial charge in [-0.1, -0.05) is 6.07 Å². The van der Waals surface area contributed by atoms with Crippen molar-refractivity contribution in [3.05, 3.63) is 30.1 Å². The molecule has 1 aromatic rings. The molecule has 3 atom stereocenters. The molecule has 19 heavy (non-hydrogen) atoms. The van der Waals surface area contributed by atoms with Gasteiger partial charge in [-0.15, -0.1) is 0 Å². The van der Waals surface area contributed by atoms with Gasteiger partial charge < -0.3 is 15.3 Å². The maximum Gasteiger partial charge on any atom is 0.333 e. The van der Waals surface area contributed by atoms with Crippen LogP contribution in [0.2, 0.25) is 0 Å². The Kier molecular flexibility index (Phi) is 3.57. The van der Waals surface area contributed by atoms with Crippen molar-refractivity contribution in [3.63, 3.8) is 0 Å². The zero-order chi connectivity index (χ0) is 14.0. The van der Waals surface area contributed by atoms with E-state index in [1.165, 1.54) is 6.20 Å². The van der Waals surface area contributed by atoms with Crippen molar-refractivity contribution in [1.82, 2.24) is 4.98 Å². The van der Waals surface area contributed by atoms with Crippen LogP contribution < -0.4 is 0 Å². The Balaban J connectivity index is 2.37. The highest BCUT2D eigenvalue weighted by atomic mass is 16.4. The molecule has 1 aliphatic rings. The highest BCUT2D eigenvalue weighted by molar-refractivity contribution is 6.05. The Labute approximate surface area is 108 Å². The first kappa shape index (κ1) is 13.2. The molecule has 2 heterocycles. The number of aliphatic hydroxyl groups excluding tert-OH is 1. The van der Waals surface area contributed by atoms with Gasteiger partial charge in [0.05, 0.1) is 11.4 Å². The predicted molar refractivity (Wildman–Crippen MR) is 63.9 cm³/mol. The first-order valence-electron chi connectivity index (χ1n) is 5.63. The van der Waals surface area contributed by atoms with Crippen molar-refractivity contribution < 1.29 is 24.9 Å². The topological polar surface area (TPSA) is 120 Å². The van der Waals surface area contributed by atoms with Crippen molar-refractivity contribution in [2.45, 2.75) is 18.6 Å². The minimum atomic E-state index is -1.69. The summed E-state index contributed by atoms with van der Waals surface area (Å²) < 4.78 is 0. The second-order valence-corrected chi connectivity index (χ2v) is 4.21. The number of aromatic nitrogens is 1. The third-order valence-electron chi connectivity index (χ3n) is 2.97. The van der Waals surface area contributed by atoms with Crippen molar-refractivity contribution in [2.24, 2.45) is 10.9 Å². The molecule has 0 saturated carbocycles. The minimum Gasteiger partial charge on any atom is -0.480 e. The summed E-state index contributed by atoms with van der Waals surface area (Å²) in [7, 11) is 0. The van der Waals surface area contributed by atoms with Crippen LogP contribution >= 0.6 is 0 Å². The molecule has 2 rings (SSSR count). The third-order valence-corrected chi connectivity index (χ3v) is 2.97. The summed E-state index contributed by atoms with van der Waals surface area (Å²) in [5.41, 5.74) is 0.611. The van der Waals surface area contributed by atoms with E-state index in [-0.39, 0.29) is 12.1 Å². The quantitative estimate of drug-likeness (QED) is 0.692. The Hall–Kier alpha value is -2.28. The summed E-state index contributed by atoms with van der Waals surface area (Å²) in [6, 6.07) is 3.92. The van der Waals surface area contributed by atoms with Gasteiger partial charge in [0.25, 0.3) is 0 Å². The number of aliphatic hydroxyl groups is 1. The van der Waals surface area contributed by atoms with Gasteiger partial charge in [-0.3, -0.25) is 9.98 Å². The molecule has 0 aromatic carbocycles. The number of rotatable bonds is 4. The molecule has 1 aliphatic heterocycles. The van der Waals surface area contributed by atoms with Crippen LogP contribution in [0.3, 0.4) is 0 Å². The highest BCUT2D eigenvalue weighted by Crippen LogP contribution is 2.27. The highest BCUT2D eigenvalue weighted by Gasteiger charge is 2.40. The molecular formula is C12H12N2O5. The van der Waals surface area contributed by atoms with E-state index in [1.54, 1.807) is 18.2 Å².